The average Bonchev–Trinajstić information content (AvgIpc) is 3.09. The van der Waals surface area contributed by atoms with Crippen LogP contribution in [0.3, 0.4) is 0 Å². The third-order valence-corrected chi connectivity index (χ3v) is 3.09. The second-order valence-corrected chi connectivity index (χ2v) is 4.23. The Morgan fingerprint density at radius 1 is 1.69 bits per heavy atom. The van der Waals surface area contributed by atoms with E-state index in [0.29, 0.717) is 5.02 Å². The minimum absolute atomic E-state index is 0.196. The largest absolute Gasteiger partial charge is 0.354 e. The van der Waals surface area contributed by atoms with Gasteiger partial charge in [0.05, 0.1) is 16.5 Å². The third kappa shape index (κ3) is 1.63. The fourth-order valence-corrected chi connectivity index (χ4v) is 1.83. The van der Waals surface area contributed by atoms with Gasteiger partial charge in [-0.3, -0.25) is 4.79 Å². The highest BCUT2D eigenvalue weighted by Gasteiger charge is 2.45. The van der Waals surface area contributed by atoms with Gasteiger partial charge in [0.25, 0.3) is 5.91 Å². The summed E-state index contributed by atoms with van der Waals surface area (Å²) in [4.78, 5) is 15.4. The maximum Gasteiger partial charge on any atom is 0.271 e. The van der Waals surface area contributed by atoms with Crippen molar-refractivity contribution >= 4 is 17.5 Å². The van der Waals surface area contributed by atoms with Crippen LogP contribution in [-0.2, 0) is 5.41 Å². The van der Waals surface area contributed by atoms with E-state index in [-0.39, 0.29) is 11.6 Å². The van der Waals surface area contributed by atoms with Crippen LogP contribution in [0, 0.1) is 11.3 Å². The summed E-state index contributed by atoms with van der Waals surface area (Å²) in [5.74, 6) is -0.321. The number of rotatable bonds is 2. The molecule has 2 rings (SSSR count). The Balaban J connectivity index is 2.38. The molecular formula is C11H10ClN3O. The molecule has 0 aliphatic heterocycles. The molecule has 0 bridgehead atoms. The lowest BCUT2D eigenvalue weighted by Gasteiger charge is -2.08. The van der Waals surface area contributed by atoms with Crippen LogP contribution in [-0.4, -0.2) is 17.9 Å². The standard InChI is InChI=1S/C11H10ClN3O/c1-14-10(16)9-8(12)4-7(5-15-9)11(6-13)2-3-11/h4-5H,2-3H2,1H3,(H,14,16). The van der Waals surface area contributed by atoms with Crippen LogP contribution in [0.4, 0.5) is 0 Å². The molecule has 82 valence electrons. The van der Waals surface area contributed by atoms with Crippen molar-refractivity contribution in [3.8, 4) is 6.07 Å². The van der Waals surface area contributed by atoms with Crippen molar-refractivity contribution in [1.29, 1.82) is 5.26 Å². The number of pyridine rings is 1. The minimum Gasteiger partial charge on any atom is -0.354 e. The number of hydrogen-bond donors (Lipinski definition) is 1. The second-order valence-electron chi connectivity index (χ2n) is 3.83. The first-order valence-electron chi connectivity index (χ1n) is 4.92. The van der Waals surface area contributed by atoms with Crippen molar-refractivity contribution < 1.29 is 4.79 Å². The Morgan fingerprint density at radius 3 is 2.81 bits per heavy atom. The first-order valence-corrected chi connectivity index (χ1v) is 5.30. The summed E-state index contributed by atoms with van der Waals surface area (Å²) in [6.07, 6.45) is 3.23. The van der Waals surface area contributed by atoms with E-state index in [1.54, 1.807) is 12.3 Å². The van der Waals surface area contributed by atoms with Crippen molar-refractivity contribution in [3.05, 3.63) is 28.5 Å². The molecule has 0 saturated heterocycles. The van der Waals surface area contributed by atoms with E-state index in [0.717, 1.165) is 18.4 Å². The average molecular weight is 236 g/mol. The molecule has 1 heterocycles. The Kier molecular flexibility index (Phi) is 2.56. The molecule has 0 atom stereocenters. The first-order chi connectivity index (χ1) is 7.63. The fraction of sp³-hybridized carbons (Fsp3) is 0.364. The van der Waals surface area contributed by atoms with Crippen molar-refractivity contribution in [2.75, 3.05) is 7.05 Å². The molecule has 1 aliphatic rings. The van der Waals surface area contributed by atoms with Crippen LogP contribution >= 0.6 is 11.6 Å². The molecule has 4 nitrogen and oxygen atoms in total. The molecule has 1 N–H and O–H groups in total. The van der Waals surface area contributed by atoms with Crippen molar-refractivity contribution in [2.45, 2.75) is 18.3 Å². The summed E-state index contributed by atoms with van der Waals surface area (Å²) in [5, 5.41) is 11.8. The number of halogens is 1. The molecule has 0 radical (unpaired) electrons. The number of nitrogens with one attached hydrogen (secondary N) is 1. The summed E-state index contributed by atoms with van der Waals surface area (Å²) in [5.41, 5.74) is 0.576. The van der Waals surface area contributed by atoms with Gasteiger partial charge in [-0.1, -0.05) is 11.6 Å². The predicted octanol–water partition coefficient (Wildman–Crippen LogP) is 1.65. The van der Waals surface area contributed by atoms with Crippen molar-refractivity contribution in [1.82, 2.24) is 10.3 Å². The predicted molar refractivity (Wildman–Crippen MR) is 59.2 cm³/mol. The minimum atomic E-state index is -0.419. The number of hydrogen-bond acceptors (Lipinski definition) is 3. The van der Waals surface area contributed by atoms with Gasteiger partial charge in [0.15, 0.2) is 0 Å². The molecule has 1 aliphatic carbocycles. The molecule has 1 amide bonds. The molecule has 1 aromatic heterocycles. The molecular weight excluding hydrogens is 226 g/mol. The third-order valence-electron chi connectivity index (χ3n) is 2.80. The Hall–Kier alpha value is -1.60. The zero-order chi connectivity index (χ0) is 11.8. The Labute approximate surface area is 98.2 Å². The molecule has 0 spiro atoms. The van der Waals surface area contributed by atoms with Crippen LogP contribution < -0.4 is 5.32 Å². The van der Waals surface area contributed by atoms with Gasteiger partial charge in [-0.25, -0.2) is 4.98 Å². The maximum atomic E-state index is 11.4. The van der Waals surface area contributed by atoms with Gasteiger partial charge >= 0.3 is 0 Å². The summed E-state index contributed by atoms with van der Waals surface area (Å²) in [6, 6.07) is 3.92. The summed E-state index contributed by atoms with van der Waals surface area (Å²) in [6.45, 7) is 0. The number of carbonyl (C=O) groups is 1. The van der Waals surface area contributed by atoms with E-state index in [9.17, 15) is 4.79 Å². The van der Waals surface area contributed by atoms with Gasteiger partial charge in [0.2, 0.25) is 0 Å². The van der Waals surface area contributed by atoms with E-state index in [1.165, 1.54) is 7.05 Å². The summed E-state index contributed by atoms with van der Waals surface area (Å²) in [7, 11) is 1.52. The number of nitriles is 1. The van der Waals surface area contributed by atoms with Gasteiger partial charge in [-0.15, -0.1) is 0 Å². The number of aromatic nitrogens is 1. The Morgan fingerprint density at radius 2 is 2.38 bits per heavy atom. The highest BCUT2D eigenvalue weighted by molar-refractivity contribution is 6.33. The summed E-state index contributed by atoms with van der Waals surface area (Å²) < 4.78 is 0. The Bertz CT molecular complexity index is 488. The van der Waals surface area contributed by atoms with Gasteiger partial charge in [0, 0.05) is 13.2 Å². The van der Waals surface area contributed by atoms with Crippen LogP contribution in [0.15, 0.2) is 12.3 Å². The highest BCUT2D eigenvalue weighted by Crippen LogP contribution is 2.47. The molecule has 1 fully saturated rings. The fourth-order valence-electron chi connectivity index (χ4n) is 1.58. The molecule has 0 unspecified atom stereocenters. The van der Waals surface area contributed by atoms with E-state index in [2.05, 4.69) is 16.4 Å². The lowest BCUT2D eigenvalue weighted by molar-refractivity contribution is 0.0958. The molecule has 1 saturated carbocycles. The van der Waals surface area contributed by atoms with Gasteiger partial charge in [-0.05, 0) is 24.5 Å². The topological polar surface area (TPSA) is 65.8 Å². The number of nitrogens with zero attached hydrogens (tertiary/aromatic N) is 2. The van der Waals surface area contributed by atoms with Crippen molar-refractivity contribution in [3.63, 3.8) is 0 Å². The lowest BCUT2D eigenvalue weighted by Crippen LogP contribution is -2.20. The van der Waals surface area contributed by atoms with E-state index >= 15 is 0 Å². The van der Waals surface area contributed by atoms with Gasteiger partial charge < -0.3 is 5.32 Å². The van der Waals surface area contributed by atoms with E-state index < -0.39 is 5.41 Å². The highest BCUT2D eigenvalue weighted by atomic mass is 35.5. The lowest BCUT2D eigenvalue weighted by atomic mass is 9.99. The quantitative estimate of drug-likeness (QED) is 0.848. The smallest absolute Gasteiger partial charge is 0.271 e. The first kappa shape index (κ1) is 10.9. The summed E-state index contributed by atoms with van der Waals surface area (Å²) >= 11 is 5.96. The van der Waals surface area contributed by atoms with Crippen LogP contribution in [0.2, 0.25) is 5.02 Å². The van der Waals surface area contributed by atoms with Crippen molar-refractivity contribution in [2.24, 2.45) is 0 Å². The van der Waals surface area contributed by atoms with Crippen LogP contribution in [0.1, 0.15) is 28.9 Å². The zero-order valence-corrected chi connectivity index (χ0v) is 9.51. The van der Waals surface area contributed by atoms with Gasteiger partial charge in [-0.2, -0.15) is 5.26 Å². The number of amides is 1. The molecule has 0 aromatic carbocycles. The monoisotopic (exact) mass is 235 g/mol. The normalized spacial score (nSPS) is 16.3. The van der Waals surface area contributed by atoms with Crippen LogP contribution in [0.5, 0.6) is 0 Å². The maximum absolute atomic E-state index is 11.4. The van der Waals surface area contributed by atoms with Crippen LogP contribution in [0.25, 0.3) is 0 Å². The SMILES string of the molecule is CNC(=O)c1ncc(C2(C#N)CC2)cc1Cl. The molecule has 1 aromatic rings. The van der Waals surface area contributed by atoms with Gasteiger partial charge in [0.1, 0.15) is 5.69 Å². The van der Waals surface area contributed by atoms with E-state index in [4.69, 9.17) is 16.9 Å². The number of carbonyl (C=O) groups excluding carboxylic acids is 1. The zero-order valence-electron chi connectivity index (χ0n) is 8.75. The van der Waals surface area contributed by atoms with E-state index in [1.807, 2.05) is 0 Å². The molecule has 5 heteroatoms. The molecule has 16 heavy (non-hydrogen) atoms. The second kappa shape index (κ2) is 3.76.